The molecule has 0 unspecified atom stereocenters. The third-order valence-corrected chi connectivity index (χ3v) is 5.16. The van der Waals surface area contributed by atoms with Gasteiger partial charge in [-0.15, -0.1) is 0 Å². The molecule has 0 bridgehead atoms. The SMILES string of the molecule is Cc1ccc(C(=O)COc2cc(C)cc3oc(=O)c4c(c23)CCCC4)cc1. The van der Waals surface area contributed by atoms with Crippen LogP contribution in [0, 0.1) is 13.8 Å². The van der Waals surface area contributed by atoms with Crippen LogP contribution in [0.5, 0.6) is 5.75 Å². The van der Waals surface area contributed by atoms with Crippen molar-refractivity contribution >= 4 is 16.8 Å². The maximum absolute atomic E-state index is 12.5. The molecule has 27 heavy (non-hydrogen) atoms. The van der Waals surface area contributed by atoms with Gasteiger partial charge in [-0.25, -0.2) is 4.79 Å². The van der Waals surface area contributed by atoms with Crippen molar-refractivity contribution in [3.63, 3.8) is 0 Å². The maximum Gasteiger partial charge on any atom is 0.339 e. The van der Waals surface area contributed by atoms with Gasteiger partial charge >= 0.3 is 5.63 Å². The summed E-state index contributed by atoms with van der Waals surface area (Å²) in [5.74, 6) is 0.545. The number of benzene rings is 2. The number of Topliss-reactive ketones (excluding diaryl/α,β-unsaturated/α-hetero) is 1. The Hall–Kier alpha value is -2.88. The van der Waals surface area contributed by atoms with Gasteiger partial charge in [-0.3, -0.25) is 4.79 Å². The van der Waals surface area contributed by atoms with E-state index in [0.29, 0.717) is 16.9 Å². The first-order valence-electron chi connectivity index (χ1n) is 9.35. The minimum atomic E-state index is -0.246. The first-order chi connectivity index (χ1) is 13.0. The van der Waals surface area contributed by atoms with E-state index in [2.05, 4.69) is 0 Å². The molecule has 2 aromatic carbocycles. The number of ketones is 1. The van der Waals surface area contributed by atoms with Gasteiger partial charge < -0.3 is 9.15 Å². The first kappa shape index (κ1) is 17.5. The largest absolute Gasteiger partial charge is 0.485 e. The van der Waals surface area contributed by atoms with Crippen LogP contribution in [0.15, 0.2) is 45.6 Å². The number of ether oxygens (including phenoxy) is 1. The van der Waals surface area contributed by atoms with E-state index in [1.807, 2.05) is 50.2 Å². The number of carbonyl (C=O) groups excluding carboxylic acids is 1. The average Bonchev–Trinajstić information content (AvgIpc) is 2.66. The lowest BCUT2D eigenvalue weighted by atomic mass is 9.90. The van der Waals surface area contributed by atoms with E-state index in [0.717, 1.165) is 53.3 Å². The van der Waals surface area contributed by atoms with Crippen LogP contribution in [0.1, 0.15) is 45.5 Å². The Morgan fingerprint density at radius 2 is 1.70 bits per heavy atom. The average molecular weight is 362 g/mol. The highest BCUT2D eigenvalue weighted by molar-refractivity contribution is 5.97. The van der Waals surface area contributed by atoms with Gasteiger partial charge in [0, 0.05) is 11.1 Å². The standard InChI is InChI=1S/C23H22O4/c1-14-7-9-16(10-8-14)19(24)13-26-20-11-15(2)12-21-22(20)17-5-3-4-6-18(17)23(25)27-21/h7-12H,3-6,13H2,1-2H3. The molecule has 0 spiro atoms. The monoisotopic (exact) mass is 362 g/mol. The minimum Gasteiger partial charge on any atom is -0.485 e. The van der Waals surface area contributed by atoms with Crippen LogP contribution in [-0.4, -0.2) is 12.4 Å². The van der Waals surface area contributed by atoms with Crippen molar-refractivity contribution < 1.29 is 13.9 Å². The fourth-order valence-corrected chi connectivity index (χ4v) is 3.75. The summed E-state index contributed by atoms with van der Waals surface area (Å²) in [5.41, 5.74) is 4.74. The highest BCUT2D eigenvalue weighted by Crippen LogP contribution is 2.34. The van der Waals surface area contributed by atoms with Crippen LogP contribution in [0.25, 0.3) is 11.0 Å². The van der Waals surface area contributed by atoms with Crippen LogP contribution in [0.2, 0.25) is 0 Å². The Kier molecular flexibility index (Phi) is 4.56. The van der Waals surface area contributed by atoms with E-state index in [1.165, 1.54) is 0 Å². The fraction of sp³-hybridized carbons (Fsp3) is 0.304. The minimum absolute atomic E-state index is 0.0461. The fourth-order valence-electron chi connectivity index (χ4n) is 3.75. The van der Waals surface area contributed by atoms with Crippen molar-refractivity contribution in [1.82, 2.24) is 0 Å². The van der Waals surface area contributed by atoms with Gasteiger partial charge in [-0.05, 0) is 62.8 Å². The van der Waals surface area contributed by atoms with E-state index in [4.69, 9.17) is 9.15 Å². The molecule has 4 nitrogen and oxygen atoms in total. The molecule has 1 aromatic heterocycles. The van der Waals surface area contributed by atoms with Crippen molar-refractivity contribution in [2.24, 2.45) is 0 Å². The van der Waals surface area contributed by atoms with Gasteiger partial charge in [-0.1, -0.05) is 29.8 Å². The second kappa shape index (κ2) is 7.03. The molecule has 0 atom stereocenters. The molecular weight excluding hydrogens is 340 g/mol. The van der Waals surface area contributed by atoms with Crippen molar-refractivity contribution in [3.05, 3.63) is 74.6 Å². The van der Waals surface area contributed by atoms with Gasteiger partial charge in [0.15, 0.2) is 12.4 Å². The Morgan fingerprint density at radius 1 is 1.00 bits per heavy atom. The van der Waals surface area contributed by atoms with Crippen molar-refractivity contribution in [1.29, 1.82) is 0 Å². The molecule has 0 aliphatic heterocycles. The van der Waals surface area contributed by atoms with E-state index in [1.54, 1.807) is 0 Å². The van der Waals surface area contributed by atoms with Gasteiger partial charge in [0.2, 0.25) is 0 Å². The number of hydrogen-bond donors (Lipinski definition) is 0. The molecule has 1 aliphatic carbocycles. The maximum atomic E-state index is 12.5. The number of fused-ring (bicyclic) bond motifs is 3. The molecule has 0 N–H and O–H groups in total. The molecule has 4 rings (SSSR count). The molecule has 0 radical (unpaired) electrons. The lowest BCUT2D eigenvalue weighted by Gasteiger charge is -2.18. The third-order valence-electron chi connectivity index (χ3n) is 5.16. The number of rotatable bonds is 4. The number of carbonyl (C=O) groups is 1. The van der Waals surface area contributed by atoms with Gasteiger partial charge in [0.05, 0.1) is 5.39 Å². The molecule has 0 saturated heterocycles. The van der Waals surface area contributed by atoms with Crippen molar-refractivity contribution in [3.8, 4) is 5.75 Å². The predicted molar refractivity (Wildman–Crippen MR) is 105 cm³/mol. The quantitative estimate of drug-likeness (QED) is 0.505. The van der Waals surface area contributed by atoms with Crippen LogP contribution < -0.4 is 10.4 Å². The summed E-state index contributed by atoms with van der Waals surface area (Å²) in [7, 11) is 0. The second-order valence-corrected chi connectivity index (χ2v) is 7.27. The summed E-state index contributed by atoms with van der Waals surface area (Å²) in [6, 6.07) is 11.2. The van der Waals surface area contributed by atoms with E-state index in [-0.39, 0.29) is 18.0 Å². The van der Waals surface area contributed by atoms with Gasteiger partial charge in [0.25, 0.3) is 0 Å². The van der Waals surface area contributed by atoms with Crippen LogP contribution in [0.4, 0.5) is 0 Å². The van der Waals surface area contributed by atoms with E-state index < -0.39 is 0 Å². The normalized spacial score (nSPS) is 13.4. The Bertz CT molecular complexity index is 1070. The van der Waals surface area contributed by atoms with Gasteiger partial charge in [-0.2, -0.15) is 0 Å². The smallest absolute Gasteiger partial charge is 0.339 e. The highest BCUT2D eigenvalue weighted by Gasteiger charge is 2.21. The molecule has 0 saturated carbocycles. The summed E-state index contributed by atoms with van der Waals surface area (Å²) in [6.45, 7) is 3.86. The summed E-state index contributed by atoms with van der Waals surface area (Å²) in [4.78, 5) is 24.8. The van der Waals surface area contributed by atoms with Gasteiger partial charge in [0.1, 0.15) is 11.3 Å². The lowest BCUT2D eigenvalue weighted by Crippen LogP contribution is -2.17. The number of aryl methyl sites for hydroxylation is 3. The molecule has 0 fully saturated rings. The van der Waals surface area contributed by atoms with Crippen LogP contribution in [-0.2, 0) is 12.8 Å². The second-order valence-electron chi connectivity index (χ2n) is 7.27. The number of hydrogen-bond acceptors (Lipinski definition) is 4. The van der Waals surface area contributed by atoms with E-state index in [9.17, 15) is 9.59 Å². The zero-order valence-corrected chi connectivity index (χ0v) is 15.6. The highest BCUT2D eigenvalue weighted by atomic mass is 16.5. The Labute approximate surface area is 157 Å². The molecule has 1 aliphatic rings. The molecular formula is C23H22O4. The Morgan fingerprint density at radius 3 is 2.44 bits per heavy atom. The zero-order chi connectivity index (χ0) is 19.0. The molecule has 1 heterocycles. The van der Waals surface area contributed by atoms with Crippen molar-refractivity contribution in [2.45, 2.75) is 39.5 Å². The summed E-state index contributed by atoms with van der Waals surface area (Å²) in [6.07, 6.45) is 3.62. The third kappa shape index (κ3) is 3.39. The van der Waals surface area contributed by atoms with Crippen LogP contribution >= 0.6 is 0 Å². The van der Waals surface area contributed by atoms with Crippen LogP contribution in [0.3, 0.4) is 0 Å². The summed E-state index contributed by atoms with van der Waals surface area (Å²) in [5, 5.41) is 0.839. The first-order valence-corrected chi connectivity index (χ1v) is 9.35. The molecule has 3 aromatic rings. The molecule has 138 valence electrons. The molecule has 0 amide bonds. The van der Waals surface area contributed by atoms with Crippen molar-refractivity contribution in [2.75, 3.05) is 6.61 Å². The summed E-state index contributed by atoms with van der Waals surface area (Å²) < 4.78 is 11.5. The zero-order valence-electron chi connectivity index (χ0n) is 15.6. The summed E-state index contributed by atoms with van der Waals surface area (Å²) >= 11 is 0. The topological polar surface area (TPSA) is 56.5 Å². The lowest BCUT2D eigenvalue weighted by molar-refractivity contribution is 0.0922. The Balaban J connectivity index is 1.71. The molecule has 4 heteroatoms. The van der Waals surface area contributed by atoms with E-state index >= 15 is 0 Å². The predicted octanol–water partition coefficient (Wildman–Crippen LogP) is 4.55.